The average Bonchev–Trinajstić information content (AvgIpc) is 3.32. The van der Waals surface area contributed by atoms with Crippen LogP contribution in [0.3, 0.4) is 0 Å². The van der Waals surface area contributed by atoms with Gasteiger partial charge in [-0.15, -0.1) is 0 Å². The molecule has 0 atom stereocenters. The SMILES string of the molecule is O=c1[nH]c2cc(-c3nc(-c4ccc(C(F)(F)F)cc4)no3)ccc2c(=O)n1Cc1ccc(Cl)cc1. The number of benzene rings is 3. The molecule has 5 rings (SSSR count). The van der Waals surface area contributed by atoms with Crippen molar-refractivity contribution in [1.82, 2.24) is 19.7 Å². The first-order valence-corrected chi connectivity index (χ1v) is 10.6. The molecule has 5 aromatic rings. The Hall–Kier alpha value is -4.18. The van der Waals surface area contributed by atoms with Crippen molar-refractivity contribution in [3.63, 3.8) is 0 Å². The second kappa shape index (κ2) is 8.55. The molecule has 35 heavy (non-hydrogen) atoms. The number of alkyl halides is 3. The van der Waals surface area contributed by atoms with Crippen molar-refractivity contribution in [2.75, 3.05) is 0 Å². The minimum atomic E-state index is -4.45. The van der Waals surface area contributed by atoms with Crippen LogP contribution in [0.2, 0.25) is 5.02 Å². The maximum Gasteiger partial charge on any atom is 0.416 e. The van der Waals surface area contributed by atoms with Crippen LogP contribution < -0.4 is 11.2 Å². The maximum atomic E-state index is 12.9. The number of halogens is 4. The van der Waals surface area contributed by atoms with Crippen molar-refractivity contribution in [2.24, 2.45) is 0 Å². The normalized spacial score (nSPS) is 11.8. The summed E-state index contributed by atoms with van der Waals surface area (Å²) in [6.07, 6.45) is -4.45. The van der Waals surface area contributed by atoms with Crippen LogP contribution in [0.15, 0.2) is 80.8 Å². The van der Waals surface area contributed by atoms with Crippen molar-refractivity contribution in [3.05, 3.63) is 104 Å². The highest BCUT2D eigenvalue weighted by Gasteiger charge is 2.30. The summed E-state index contributed by atoms with van der Waals surface area (Å²) >= 11 is 5.88. The van der Waals surface area contributed by atoms with E-state index in [0.717, 1.165) is 22.3 Å². The molecule has 3 aromatic carbocycles. The lowest BCUT2D eigenvalue weighted by Gasteiger charge is -2.07. The van der Waals surface area contributed by atoms with Crippen LogP contribution in [0, 0.1) is 0 Å². The van der Waals surface area contributed by atoms with Crippen LogP contribution in [0.5, 0.6) is 0 Å². The summed E-state index contributed by atoms with van der Waals surface area (Å²) < 4.78 is 44.7. The minimum Gasteiger partial charge on any atom is -0.334 e. The standard InChI is InChI=1S/C24H14ClF3N4O3/c25-17-8-1-13(2-9-17)12-32-22(33)18-10-5-15(11-19(18)29-23(32)34)21-30-20(31-35-21)14-3-6-16(7-4-14)24(26,27)28/h1-11H,12H2,(H,29,34). The first-order valence-electron chi connectivity index (χ1n) is 10.2. The number of hydrogen-bond donors (Lipinski definition) is 1. The molecule has 2 heterocycles. The highest BCUT2D eigenvalue weighted by Crippen LogP contribution is 2.31. The third-order valence-electron chi connectivity index (χ3n) is 5.38. The summed E-state index contributed by atoms with van der Waals surface area (Å²) in [6.45, 7) is 0.0726. The fourth-order valence-electron chi connectivity index (χ4n) is 3.57. The molecule has 0 saturated heterocycles. The van der Waals surface area contributed by atoms with Crippen LogP contribution in [0.4, 0.5) is 13.2 Å². The van der Waals surface area contributed by atoms with E-state index in [1.54, 1.807) is 30.3 Å². The van der Waals surface area contributed by atoms with E-state index in [-0.39, 0.29) is 29.2 Å². The lowest BCUT2D eigenvalue weighted by molar-refractivity contribution is -0.137. The van der Waals surface area contributed by atoms with Crippen LogP contribution in [-0.4, -0.2) is 19.7 Å². The van der Waals surface area contributed by atoms with Gasteiger partial charge in [-0.2, -0.15) is 18.2 Å². The molecule has 0 aliphatic heterocycles. The number of fused-ring (bicyclic) bond motifs is 1. The lowest BCUT2D eigenvalue weighted by Crippen LogP contribution is -2.35. The van der Waals surface area contributed by atoms with E-state index in [0.29, 0.717) is 16.1 Å². The van der Waals surface area contributed by atoms with Gasteiger partial charge in [-0.05, 0) is 48.0 Å². The summed E-state index contributed by atoms with van der Waals surface area (Å²) in [4.78, 5) is 32.5. The number of H-pyrrole nitrogens is 1. The Morgan fingerprint density at radius 3 is 2.31 bits per heavy atom. The molecular formula is C24H14ClF3N4O3. The van der Waals surface area contributed by atoms with Gasteiger partial charge in [0.25, 0.3) is 11.4 Å². The zero-order valence-electron chi connectivity index (χ0n) is 17.6. The second-order valence-electron chi connectivity index (χ2n) is 7.71. The van der Waals surface area contributed by atoms with Gasteiger partial charge in [-0.25, -0.2) is 4.79 Å². The van der Waals surface area contributed by atoms with Gasteiger partial charge in [0.05, 0.1) is 23.0 Å². The summed E-state index contributed by atoms with van der Waals surface area (Å²) in [5.74, 6) is 0.175. The Kier molecular flexibility index (Phi) is 5.52. The number of aromatic nitrogens is 4. The predicted molar refractivity (Wildman–Crippen MR) is 123 cm³/mol. The van der Waals surface area contributed by atoms with E-state index in [1.165, 1.54) is 24.3 Å². The minimum absolute atomic E-state index is 0.0726. The molecule has 0 unspecified atom stereocenters. The fraction of sp³-hybridized carbons (Fsp3) is 0.0833. The Morgan fingerprint density at radius 2 is 1.63 bits per heavy atom. The molecule has 0 saturated carbocycles. The Morgan fingerprint density at radius 1 is 0.943 bits per heavy atom. The molecule has 0 bridgehead atoms. The van der Waals surface area contributed by atoms with Crippen molar-refractivity contribution in [3.8, 4) is 22.8 Å². The predicted octanol–water partition coefficient (Wildman–Crippen LogP) is 5.13. The van der Waals surface area contributed by atoms with E-state index in [9.17, 15) is 22.8 Å². The number of rotatable bonds is 4. The summed E-state index contributed by atoms with van der Waals surface area (Å²) in [5.41, 5.74) is -0.0725. The Balaban J connectivity index is 1.46. The van der Waals surface area contributed by atoms with Gasteiger partial charge in [0.2, 0.25) is 5.82 Å². The Labute approximate surface area is 199 Å². The topological polar surface area (TPSA) is 93.8 Å². The van der Waals surface area contributed by atoms with E-state index in [4.69, 9.17) is 16.1 Å². The number of nitrogens with one attached hydrogen (secondary N) is 1. The van der Waals surface area contributed by atoms with E-state index < -0.39 is 23.0 Å². The third-order valence-corrected chi connectivity index (χ3v) is 5.63. The molecule has 0 radical (unpaired) electrons. The molecule has 0 spiro atoms. The largest absolute Gasteiger partial charge is 0.416 e. The van der Waals surface area contributed by atoms with Crippen LogP contribution in [0.25, 0.3) is 33.7 Å². The third kappa shape index (κ3) is 4.47. The quantitative estimate of drug-likeness (QED) is 0.371. The fourth-order valence-corrected chi connectivity index (χ4v) is 3.70. The zero-order chi connectivity index (χ0) is 24.7. The number of hydrogen-bond acceptors (Lipinski definition) is 5. The van der Waals surface area contributed by atoms with Gasteiger partial charge in [0.1, 0.15) is 0 Å². The van der Waals surface area contributed by atoms with Crippen molar-refractivity contribution < 1.29 is 17.7 Å². The van der Waals surface area contributed by atoms with Crippen LogP contribution >= 0.6 is 11.6 Å². The smallest absolute Gasteiger partial charge is 0.334 e. The Bertz CT molecular complexity index is 1650. The first kappa shape index (κ1) is 22.6. The van der Waals surface area contributed by atoms with Gasteiger partial charge in [0, 0.05) is 16.1 Å². The average molecular weight is 499 g/mol. The molecule has 0 fully saturated rings. The van der Waals surface area contributed by atoms with Gasteiger partial charge in [-0.1, -0.05) is 41.0 Å². The molecule has 0 aliphatic carbocycles. The molecular weight excluding hydrogens is 485 g/mol. The van der Waals surface area contributed by atoms with Gasteiger partial charge in [0.15, 0.2) is 0 Å². The number of nitrogens with zero attached hydrogens (tertiary/aromatic N) is 3. The van der Waals surface area contributed by atoms with Gasteiger partial charge >= 0.3 is 11.9 Å². The van der Waals surface area contributed by atoms with Crippen molar-refractivity contribution in [2.45, 2.75) is 12.7 Å². The maximum absolute atomic E-state index is 12.9. The molecule has 11 heteroatoms. The molecule has 176 valence electrons. The first-order chi connectivity index (χ1) is 16.7. The summed E-state index contributed by atoms with van der Waals surface area (Å²) in [6, 6.07) is 15.8. The molecule has 1 N–H and O–H groups in total. The zero-order valence-corrected chi connectivity index (χ0v) is 18.4. The lowest BCUT2D eigenvalue weighted by atomic mass is 10.1. The van der Waals surface area contributed by atoms with Gasteiger partial charge < -0.3 is 9.51 Å². The highest BCUT2D eigenvalue weighted by molar-refractivity contribution is 6.30. The van der Waals surface area contributed by atoms with Gasteiger partial charge in [-0.3, -0.25) is 9.36 Å². The molecule has 0 aliphatic rings. The van der Waals surface area contributed by atoms with E-state index in [2.05, 4.69) is 15.1 Å². The summed E-state index contributed by atoms with van der Waals surface area (Å²) in [7, 11) is 0. The van der Waals surface area contributed by atoms with E-state index in [1.807, 2.05) is 0 Å². The van der Waals surface area contributed by atoms with E-state index >= 15 is 0 Å². The summed E-state index contributed by atoms with van der Waals surface area (Å²) in [5, 5.41) is 4.65. The second-order valence-corrected chi connectivity index (χ2v) is 8.14. The molecule has 2 aromatic heterocycles. The van der Waals surface area contributed by atoms with Crippen molar-refractivity contribution >= 4 is 22.5 Å². The van der Waals surface area contributed by atoms with Crippen LogP contribution in [0.1, 0.15) is 11.1 Å². The monoisotopic (exact) mass is 498 g/mol. The van der Waals surface area contributed by atoms with Crippen LogP contribution in [-0.2, 0) is 12.7 Å². The molecule has 0 amide bonds. The molecule has 7 nitrogen and oxygen atoms in total. The number of aromatic amines is 1. The highest BCUT2D eigenvalue weighted by atomic mass is 35.5. The van der Waals surface area contributed by atoms with Crippen molar-refractivity contribution in [1.29, 1.82) is 0 Å².